The lowest BCUT2D eigenvalue weighted by atomic mass is 10.1. The topological polar surface area (TPSA) is 60.2 Å². The van der Waals surface area contributed by atoms with Crippen LogP contribution in [0.5, 0.6) is 0 Å². The molecule has 1 fully saturated rings. The average molecular weight is 231 g/mol. The lowest BCUT2D eigenvalue weighted by molar-refractivity contribution is 0.297. The summed E-state index contributed by atoms with van der Waals surface area (Å²) >= 11 is 0. The van der Waals surface area contributed by atoms with Gasteiger partial charge in [0, 0.05) is 18.8 Å². The minimum Gasteiger partial charge on any atom is -0.395 e. The molecule has 1 N–H and O–H groups in total. The Kier molecular flexibility index (Phi) is 3.94. The molecule has 4 heteroatoms. The third-order valence-corrected chi connectivity index (χ3v) is 3.31. The lowest BCUT2D eigenvalue weighted by Crippen LogP contribution is -2.36. The molecule has 0 unspecified atom stereocenters. The highest BCUT2D eigenvalue weighted by molar-refractivity contribution is 5.56. The van der Waals surface area contributed by atoms with Gasteiger partial charge >= 0.3 is 0 Å². The molecule has 0 aliphatic heterocycles. The molecule has 0 saturated heterocycles. The van der Waals surface area contributed by atoms with Crippen LogP contribution in [0.3, 0.4) is 0 Å². The smallest absolute Gasteiger partial charge is 0.163 e. The van der Waals surface area contributed by atoms with Gasteiger partial charge in [-0.15, -0.1) is 0 Å². The van der Waals surface area contributed by atoms with Gasteiger partial charge < -0.3 is 10.0 Å². The average Bonchev–Trinajstić information content (AvgIpc) is 2.89. The number of aromatic nitrogens is 1. The molecule has 90 valence electrons. The molecule has 0 amide bonds. The number of pyridine rings is 1. The minimum atomic E-state index is 0.107. The van der Waals surface area contributed by atoms with E-state index in [2.05, 4.69) is 16.0 Å². The Labute approximate surface area is 102 Å². The third kappa shape index (κ3) is 2.56. The Balaban J connectivity index is 2.28. The van der Waals surface area contributed by atoms with E-state index in [1.807, 2.05) is 12.1 Å². The quantitative estimate of drug-likeness (QED) is 0.856. The van der Waals surface area contributed by atoms with Crippen molar-refractivity contribution in [2.75, 3.05) is 18.1 Å². The molecule has 0 aromatic carbocycles. The van der Waals surface area contributed by atoms with Crippen molar-refractivity contribution in [3.63, 3.8) is 0 Å². The highest BCUT2D eigenvalue weighted by Crippen LogP contribution is 2.29. The van der Waals surface area contributed by atoms with Gasteiger partial charge in [0.25, 0.3) is 0 Å². The van der Waals surface area contributed by atoms with E-state index in [1.54, 1.807) is 6.20 Å². The number of hydrogen-bond acceptors (Lipinski definition) is 4. The molecule has 1 heterocycles. The summed E-state index contributed by atoms with van der Waals surface area (Å²) in [6.07, 6.45) is 6.37. The first-order valence-corrected chi connectivity index (χ1v) is 6.09. The molecule has 1 saturated carbocycles. The van der Waals surface area contributed by atoms with E-state index in [1.165, 1.54) is 12.8 Å². The third-order valence-electron chi connectivity index (χ3n) is 3.31. The Morgan fingerprint density at radius 2 is 2.24 bits per heavy atom. The fourth-order valence-corrected chi connectivity index (χ4v) is 2.54. The largest absolute Gasteiger partial charge is 0.395 e. The van der Waals surface area contributed by atoms with E-state index < -0.39 is 0 Å². The standard InChI is InChI=1S/C13H17N3O/c14-10-12-13(6-3-7-15-12)16(8-9-17)11-4-1-2-5-11/h3,6-7,11,17H,1-2,4-5,8-9H2. The molecule has 17 heavy (non-hydrogen) atoms. The van der Waals surface area contributed by atoms with Crippen molar-refractivity contribution in [2.24, 2.45) is 0 Å². The van der Waals surface area contributed by atoms with E-state index in [-0.39, 0.29) is 6.61 Å². The second kappa shape index (κ2) is 5.65. The van der Waals surface area contributed by atoms with Gasteiger partial charge in [0.05, 0.1) is 12.3 Å². The van der Waals surface area contributed by atoms with Crippen molar-refractivity contribution in [3.8, 4) is 6.07 Å². The highest BCUT2D eigenvalue weighted by atomic mass is 16.3. The summed E-state index contributed by atoms with van der Waals surface area (Å²) in [5, 5.41) is 18.3. The number of nitriles is 1. The van der Waals surface area contributed by atoms with Crippen LogP contribution in [0.15, 0.2) is 18.3 Å². The van der Waals surface area contributed by atoms with E-state index in [4.69, 9.17) is 5.26 Å². The molecule has 0 radical (unpaired) electrons. The van der Waals surface area contributed by atoms with E-state index >= 15 is 0 Å². The molecule has 1 aromatic heterocycles. The Hall–Kier alpha value is -1.60. The van der Waals surface area contributed by atoms with E-state index in [0.29, 0.717) is 18.3 Å². The van der Waals surface area contributed by atoms with Gasteiger partial charge in [0.1, 0.15) is 6.07 Å². The molecular weight excluding hydrogens is 214 g/mol. The van der Waals surface area contributed by atoms with Crippen LogP contribution in [0.1, 0.15) is 31.4 Å². The summed E-state index contributed by atoms with van der Waals surface area (Å²) < 4.78 is 0. The fourth-order valence-electron chi connectivity index (χ4n) is 2.54. The SMILES string of the molecule is N#Cc1ncccc1N(CCO)C1CCCC1. The molecule has 4 nitrogen and oxygen atoms in total. The van der Waals surface area contributed by atoms with Crippen LogP contribution in [0.2, 0.25) is 0 Å². The summed E-state index contributed by atoms with van der Waals surface area (Å²) in [7, 11) is 0. The summed E-state index contributed by atoms with van der Waals surface area (Å²) in [6, 6.07) is 6.33. The maximum Gasteiger partial charge on any atom is 0.163 e. The van der Waals surface area contributed by atoms with Gasteiger partial charge in [-0.3, -0.25) is 0 Å². The van der Waals surface area contributed by atoms with Gasteiger partial charge in [-0.2, -0.15) is 5.26 Å². The second-order valence-electron chi connectivity index (χ2n) is 4.34. The van der Waals surface area contributed by atoms with Gasteiger partial charge in [-0.1, -0.05) is 12.8 Å². The van der Waals surface area contributed by atoms with Crippen LogP contribution in [-0.4, -0.2) is 29.3 Å². The zero-order valence-electron chi connectivity index (χ0n) is 9.84. The Bertz CT molecular complexity index is 407. The summed E-state index contributed by atoms with van der Waals surface area (Å²) in [6.45, 7) is 0.682. The van der Waals surface area contributed by atoms with E-state index in [0.717, 1.165) is 18.5 Å². The number of rotatable bonds is 4. The van der Waals surface area contributed by atoms with Crippen LogP contribution in [-0.2, 0) is 0 Å². The Morgan fingerprint density at radius 3 is 2.88 bits per heavy atom. The second-order valence-corrected chi connectivity index (χ2v) is 4.34. The molecular formula is C13H17N3O. The highest BCUT2D eigenvalue weighted by Gasteiger charge is 2.24. The van der Waals surface area contributed by atoms with Crippen molar-refractivity contribution in [1.82, 2.24) is 4.98 Å². The first kappa shape index (κ1) is 11.9. The van der Waals surface area contributed by atoms with Crippen LogP contribution >= 0.6 is 0 Å². The van der Waals surface area contributed by atoms with E-state index in [9.17, 15) is 5.11 Å². The number of anilines is 1. The normalized spacial score (nSPS) is 15.8. The van der Waals surface area contributed by atoms with Crippen molar-refractivity contribution in [2.45, 2.75) is 31.7 Å². The zero-order valence-corrected chi connectivity index (χ0v) is 9.84. The maximum absolute atomic E-state index is 9.18. The van der Waals surface area contributed by atoms with Crippen LogP contribution in [0.4, 0.5) is 5.69 Å². The zero-order chi connectivity index (χ0) is 12.1. The molecule has 1 aromatic rings. The number of aliphatic hydroxyl groups is 1. The molecule has 0 bridgehead atoms. The van der Waals surface area contributed by atoms with Crippen molar-refractivity contribution < 1.29 is 5.11 Å². The van der Waals surface area contributed by atoms with Crippen molar-refractivity contribution >= 4 is 5.69 Å². The first-order valence-electron chi connectivity index (χ1n) is 6.09. The number of aliphatic hydroxyl groups excluding tert-OH is 1. The molecule has 1 aliphatic rings. The predicted molar refractivity (Wildman–Crippen MR) is 65.6 cm³/mol. The van der Waals surface area contributed by atoms with Crippen LogP contribution in [0.25, 0.3) is 0 Å². The van der Waals surface area contributed by atoms with Crippen LogP contribution in [0, 0.1) is 11.3 Å². The van der Waals surface area contributed by atoms with Crippen LogP contribution < -0.4 is 4.90 Å². The summed E-state index contributed by atoms with van der Waals surface area (Å²) in [5.41, 5.74) is 1.31. The maximum atomic E-state index is 9.18. The lowest BCUT2D eigenvalue weighted by Gasteiger charge is -2.30. The monoisotopic (exact) mass is 231 g/mol. The minimum absolute atomic E-state index is 0.107. The first-order chi connectivity index (χ1) is 8.36. The summed E-state index contributed by atoms with van der Waals surface area (Å²) in [5.74, 6) is 0. The predicted octanol–water partition coefficient (Wildman–Crippen LogP) is 1.69. The van der Waals surface area contributed by atoms with Crippen molar-refractivity contribution in [3.05, 3.63) is 24.0 Å². The number of hydrogen-bond donors (Lipinski definition) is 1. The molecule has 0 atom stereocenters. The van der Waals surface area contributed by atoms with Gasteiger partial charge in [-0.05, 0) is 25.0 Å². The number of nitrogens with zero attached hydrogens (tertiary/aromatic N) is 3. The molecule has 2 rings (SSSR count). The fraction of sp³-hybridized carbons (Fsp3) is 0.538. The molecule has 1 aliphatic carbocycles. The summed E-state index contributed by atoms with van der Waals surface area (Å²) in [4.78, 5) is 6.22. The Morgan fingerprint density at radius 1 is 1.47 bits per heavy atom. The van der Waals surface area contributed by atoms with Crippen molar-refractivity contribution in [1.29, 1.82) is 5.26 Å². The van der Waals surface area contributed by atoms with Gasteiger partial charge in [0.2, 0.25) is 0 Å². The van der Waals surface area contributed by atoms with Gasteiger partial charge in [0.15, 0.2) is 5.69 Å². The molecule has 0 spiro atoms. The van der Waals surface area contributed by atoms with Gasteiger partial charge in [-0.25, -0.2) is 4.98 Å².